The van der Waals surface area contributed by atoms with E-state index in [1.807, 2.05) is 0 Å². The largest absolute Gasteiger partial charge is 0.352 e. The fourth-order valence-corrected chi connectivity index (χ4v) is 1.84. The van der Waals surface area contributed by atoms with Gasteiger partial charge in [-0.2, -0.15) is 0 Å². The molecule has 0 aromatic heterocycles. The minimum Gasteiger partial charge on any atom is -0.352 e. The molecule has 17 heavy (non-hydrogen) atoms. The van der Waals surface area contributed by atoms with Crippen molar-refractivity contribution in [2.45, 2.75) is 12.8 Å². The van der Waals surface area contributed by atoms with Gasteiger partial charge in [0, 0.05) is 15.7 Å². The predicted molar refractivity (Wildman–Crippen MR) is 82.0 cm³/mol. The number of benzene rings is 1. The Morgan fingerprint density at radius 1 is 1.41 bits per heavy atom. The van der Waals surface area contributed by atoms with Crippen LogP contribution in [0, 0.1) is 3.57 Å². The lowest BCUT2D eigenvalue weighted by molar-refractivity contribution is 0.0953. The molecule has 3 nitrogen and oxygen atoms in total. The Morgan fingerprint density at radius 3 is 2.71 bits per heavy atom. The summed E-state index contributed by atoms with van der Waals surface area (Å²) in [4.78, 5) is 11.7. The first kappa shape index (κ1) is 17.0. The maximum Gasteiger partial charge on any atom is 0.251 e. The van der Waals surface area contributed by atoms with Crippen LogP contribution in [0.5, 0.6) is 0 Å². The number of rotatable bonds is 5. The number of halogens is 3. The van der Waals surface area contributed by atoms with Gasteiger partial charge in [-0.05, 0) is 60.2 Å². The third-order valence-corrected chi connectivity index (χ3v) is 3.64. The van der Waals surface area contributed by atoms with Crippen LogP contribution in [-0.4, -0.2) is 19.0 Å². The molecule has 0 spiro atoms. The summed E-state index contributed by atoms with van der Waals surface area (Å²) in [5, 5.41) is 3.51. The normalized spacial score (nSPS) is 9.59. The standard InChI is InChI=1S/C11H14ClIN2O.ClH/c12-9-4-3-8(7-10(9)13)11(16)15-6-2-1-5-14;/h3-4,7H,1-2,5-6,14H2,(H,15,16);1H. The molecule has 3 N–H and O–H groups in total. The van der Waals surface area contributed by atoms with Crippen molar-refractivity contribution in [1.82, 2.24) is 5.32 Å². The molecule has 1 aromatic carbocycles. The van der Waals surface area contributed by atoms with Gasteiger partial charge in [0.05, 0.1) is 5.02 Å². The zero-order valence-corrected chi connectivity index (χ0v) is 12.9. The van der Waals surface area contributed by atoms with Crippen molar-refractivity contribution in [2.75, 3.05) is 13.1 Å². The van der Waals surface area contributed by atoms with E-state index in [0.29, 0.717) is 23.7 Å². The summed E-state index contributed by atoms with van der Waals surface area (Å²) >= 11 is 7.98. The van der Waals surface area contributed by atoms with Crippen LogP contribution in [0.4, 0.5) is 0 Å². The lowest BCUT2D eigenvalue weighted by atomic mass is 10.2. The third-order valence-electron chi connectivity index (χ3n) is 2.10. The second-order valence-corrected chi connectivity index (χ2v) is 4.95. The Hall–Kier alpha value is -0.0400. The first-order chi connectivity index (χ1) is 7.65. The van der Waals surface area contributed by atoms with Gasteiger partial charge < -0.3 is 11.1 Å². The van der Waals surface area contributed by atoms with Crippen LogP contribution in [0.15, 0.2) is 18.2 Å². The highest BCUT2D eigenvalue weighted by atomic mass is 127. The Labute approximate surface area is 126 Å². The van der Waals surface area contributed by atoms with E-state index >= 15 is 0 Å². The molecule has 0 aliphatic heterocycles. The molecule has 0 atom stereocenters. The van der Waals surface area contributed by atoms with E-state index in [9.17, 15) is 4.79 Å². The number of hydrogen-bond acceptors (Lipinski definition) is 2. The molecule has 0 radical (unpaired) electrons. The van der Waals surface area contributed by atoms with Crippen LogP contribution in [0.1, 0.15) is 23.2 Å². The highest BCUT2D eigenvalue weighted by Crippen LogP contribution is 2.19. The summed E-state index contributed by atoms with van der Waals surface area (Å²) in [6, 6.07) is 5.24. The van der Waals surface area contributed by atoms with Crippen molar-refractivity contribution in [2.24, 2.45) is 5.73 Å². The van der Waals surface area contributed by atoms with E-state index in [1.165, 1.54) is 0 Å². The molecule has 1 rings (SSSR count). The van der Waals surface area contributed by atoms with Crippen LogP contribution < -0.4 is 11.1 Å². The van der Waals surface area contributed by atoms with E-state index in [4.69, 9.17) is 17.3 Å². The molecular formula is C11H15Cl2IN2O. The number of unbranched alkanes of at least 4 members (excludes halogenated alkanes) is 1. The lowest BCUT2D eigenvalue weighted by Crippen LogP contribution is -2.24. The molecule has 0 unspecified atom stereocenters. The highest BCUT2D eigenvalue weighted by Gasteiger charge is 2.06. The summed E-state index contributed by atoms with van der Waals surface area (Å²) in [5.41, 5.74) is 6.00. The molecule has 6 heteroatoms. The number of nitrogens with one attached hydrogen (secondary N) is 1. The monoisotopic (exact) mass is 388 g/mol. The van der Waals surface area contributed by atoms with Crippen LogP contribution in [-0.2, 0) is 0 Å². The van der Waals surface area contributed by atoms with Gasteiger partial charge in [-0.25, -0.2) is 0 Å². The Bertz CT molecular complexity index is 374. The van der Waals surface area contributed by atoms with Crippen LogP contribution >= 0.6 is 46.6 Å². The lowest BCUT2D eigenvalue weighted by Gasteiger charge is -2.05. The number of carbonyl (C=O) groups excluding carboxylic acids is 1. The maximum absolute atomic E-state index is 11.7. The average Bonchev–Trinajstić information content (AvgIpc) is 2.28. The quantitative estimate of drug-likeness (QED) is 0.601. The minimum absolute atomic E-state index is 0. The molecular weight excluding hydrogens is 374 g/mol. The van der Waals surface area contributed by atoms with Crippen molar-refractivity contribution in [3.63, 3.8) is 0 Å². The maximum atomic E-state index is 11.7. The van der Waals surface area contributed by atoms with Crippen molar-refractivity contribution >= 4 is 52.5 Å². The van der Waals surface area contributed by atoms with E-state index in [2.05, 4.69) is 27.9 Å². The number of carbonyl (C=O) groups is 1. The van der Waals surface area contributed by atoms with Gasteiger partial charge in [0.1, 0.15) is 0 Å². The van der Waals surface area contributed by atoms with E-state index in [-0.39, 0.29) is 18.3 Å². The van der Waals surface area contributed by atoms with E-state index in [1.54, 1.807) is 18.2 Å². The SMILES string of the molecule is Cl.NCCCCNC(=O)c1ccc(Cl)c(I)c1. The van der Waals surface area contributed by atoms with Crippen LogP contribution in [0.2, 0.25) is 5.02 Å². The molecule has 1 amide bonds. The molecule has 0 heterocycles. The molecule has 0 bridgehead atoms. The van der Waals surface area contributed by atoms with Crippen molar-refractivity contribution in [3.8, 4) is 0 Å². The fraction of sp³-hybridized carbons (Fsp3) is 0.364. The van der Waals surface area contributed by atoms with Gasteiger partial charge in [-0.1, -0.05) is 11.6 Å². The fourth-order valence-electron chi connectivity index (χ4n) is 1.21. The van der Waals surface area contributed by atoms with Gasteiger partial charge in [-0.15, -0.1) is 12.4 Å². The van der Waals surface area contributed by atoms with Crippen molar-refractivity contribution in [3.05, 3.63) is 32.4 Å². The van der Waals surface area contributed by atoms with E-state index in [0.717, 1.165) is 16.4 Å². The predicted octanol–water partition coefficient (Wildman–Crippen LogP) is 2.84. The van der Waals surface area contributed by atoms with Crippen molar-refractivity contribution in [1.29, 1.82) is 0 Å². The number of hydrogen-bond donors (Lipinski definition) is 2. The molecule has 1 aromatic rings. The molecule has 0 fully saturated rings. The number of nitrogens with two attached hydrogens (primary N) is 1. The van der Waals surface area contributed by atoms with Gasteiger partial charge >= 0.3 is 0 Å². The molecule has 0 aliphatic carbocycles. The van der Waals surface area contributed by atoms with Gasteiger partial charge in [0.25, 0.3) is 5.91 Å². The Kier molecular flexibility index (Phi) is 8.94. The van der Waals surface area contributed by atoms with Crippen molar-refractivity contribution < 1.29 is 4.79 Å². The van der Waals surface area contributed by atoms with Crippen LogP contribution in [0.3, 0.4) is 0 Å². The summed E-state index contributed by atoms with van der Waals surface area (Å²) in [7, 11) is 0. The molecule has 0 aliphatic rings. The van der Waals surface area contributed by atoms with Crippen LogP contribution in [0.25, 0.3) is 0 Å². The summed E-state index contributed by atoms with van der Waals surface area (Å²) < 4.78 is 0.883. The molecule has 96 valence electrons. The smallest absolute Gasteiger partial charge is 0.251 e. The minimum atomic E-state index is -0.0633. The van der Waals surface area contributed by atoms with Gasteiger partial charge in [0.2, 0.25) is 0 Å². The zero-order chi connectivity index (χ0) is 12.0. The summed E-state index contributed by atoms with van der Waals surface area (Å²) in [6.07, 6.45) is 1.84. The first-order valence-corrected chi connectivity index (χ1v) is 6.54. The Morgan fingerprint density at radius 2 is 2.12 bits per heavy atom. The Balaban J connectivity index is 0.00000256. The number of amides is 1. The topological polar surface area (TPSA) is 55.1 Å². The molecule has 0 saturated carbocycles. The third kappa shape index (κ3) is 5.90. The average molecular weight is 389 g/mol. The zero-order valence-electron chi connectivity index (χ0n) is 9.21. The highest BCUT2D eigenvalue weighted by molar-refractivity contribution is 14.1. The second kappa shape index (κ2) is 8.97. The van der Waals surface area contributed by atoms with Gasteiger partial charge in [-0.3, -0.25) is 4.79 Å². The summed E-state index contributed by atoms with van der Waals surface area (Å²) in [6.45, 7) is 1.32. The molecule has 0 saturated heterocycles. The van der Waals surface area contributed by atoms with Gasteiger partial charge in [0.15, 0.2) is 0 Å². The van der Waals surface area contributed by atoms with E-state index < -0.39 is 0 Å². The second-order valence-electron chi connectivity index (χ2n) is 3.38. The summed E-state index contributed by atoms with van der Waals surface area (Å²) in [5.74, 6) is -0.0633. The first-order valence-electron chi connectivity index (χ1n) is 5.08.